The Morgan fingerprint density at radius 1 is 1.25 bits per heavy atom. The first kappa shape index (κ1) is 13.6. The topological polar surface area (TPSA) is 41.7 Å². The molecule has 2 atom stereocenters. The summed E-state index contributed by atoms with van der Waals surface area (Å²) < 4.78 is 12.5. The summed E-state index contributed by atoms with van der Waals surface area (Å²) in [4.78, 5) is 0. The average Bonchev–Trinajstić information content (AvgIpc) is 2.31. The first-order valence-electron chi connectivity index (χ1n) is 6.05. The van der Waals surface area contributed by atoms with E-state index in [1.807, 2.05) is 0 Å². The van der Waals surface area contributed by atoms with Crippen LogP contribution in [0.3, 0.4) is 0 Å². The summed E-state index contributed by atoms with van der Waals surface area (Å²) in [6.07, 6.45) is 6.08. The van der Waals surface area contributed by atoms with E-state index in [0.29, 0.717) is 6.61 Å². The van der Waals surface area contributed by atoms with Gasteiger partial charge in [-0.15, -0.1) is 0 Å². The van der Waals surface area contributed by atoms with Gasteiger partial charge in [-0.05, 0) is 6.42 Å². The van der Waals surface area contributed by atoms with E-state index in [1.165, 1.54) is 19.3 Å². The van der Waals surface area contributed by atoms with E-state index in [2.05, 4.69) is 10.8 Å². The number of ether oxygens (including phenoxy) is 2. The minimum absolute atomic E-state index is 0.165. The summed E-state index contributed by atoms with van der Waals surface area (Å²) in [6, 6.07) is 0. The Hall–Kier alpha value is -0.450. The molecule has 1 fully saturated rings. The lowest BCUT2D eigenvalue weighted by Crippen LogP contribution is -2.33. The second-order valence-electron chi connectivity index (χ2n) is 4.31. The Kier molecular flexibility index (Phi) is 6.61. The number of aliphatic hydroxyl groups is 1. The maximum atomic E-state index is 9.75. The van der Waals surface area contributed by atoms with Crippen LogP contribution in [-0.4, -0.2) is 62.0 Å². The van der Waals surface area contributed by atoms with Gasteiger partial charge in [-0.1, -0.05) is 0 Å². The lowest BCUT2D eigenvalue weighted by molar-refractivity contribution is -0.534. The zero-order valence-corrected chi connectivity index (χ0v) is 10.4. The SMILES string of the molecule is COC[C@H](O)[C@@H](CC=[N+]1CCCCC1)OC. The zero-order chi connectivity index (χ0) is 11.8. The van der Waals surface area contributed by atoms with Crippen molar-refractivity contribution in [2.75, 3.05) is 33.9 Å². The molecule has 0 saturated carbocycles. The molecule has 1 rings (SSSR count). The van der Waals surface area contributed by atoms with Crippen molar-refractivity contribution in [2.45, 2.75) is 37.9 Å². The molecule has 4 heteroatoms. The summed E-state index contributed by atoms with van der Waals surface area (Å²) in [6.45, 7) is 2.60. The van der Waals surface area contributed by atoms with Crippen LogP contribution in [0.1, 0.15) is 25.7 Å². The fraction of sp³-hybridized carbons (Fsp3) is 0.917. The quantitative estimate of drug-likeness (QED) is 0.682. The van der Waals surface area contributed by atoms with Crippen molar-refractivity contribution >= 4 is 6.21 Å². The van der Waals surface area contributed by atoms with Crippen LogP contribution in [0.5, 0.6) is 0 Å². The van der Waals surface area contributed by atoms with Crippen molar-refractivity contribution in [2.24, 2.45) is 0 Å². The zero-order valence-electron chi connectivity index (χ0n) is 10.4. The van der Waals surface area contributed by atoms with Crippen LogP contribution < -0.4 is 0 Å². The number of piperidine rings is 1. The van der Waals surface area contributed by atoms with Gasteiger partial charge in [0.05, 0.1) is 19.1 Å². The molecule has 0 unspecified atom stereocenters. The predicted molar refractivity (Wildman–Crippen MR) is 63.2 cm³/mol. The van der Waals surface area contributed by atoms with Gasteiger partial charge in [0.25, 0.3) is 0 Å². The van der Waals surface area contributed by atoms with Crippen molar-refractivity contribution < 1.29 is 19.2 Å². The highest BCUT2D eigenvalue weighted by Gasteiger charge is 2.20. The molecule has 1 saturated heterocycles. The number of aliphatic hydroxyl groups excluding tert-OH is 1. The molecule has 4 nitrogen and oxygen atoms in total. The van der Waals surface area contributed by atoms with Gasteiger partial charge in [0.1, 0.15) is 25.4 Å². The van der Waals surface area contributed by atoms with Crippen LogP contribution in [0, 0.1) is 0 Å². The number of nitrogens with zero attached hydrogens (tertiary/aromatic N) is 1. The molecule has 16 heavy (non-hydrogen) atoms. The molecule has 0 radical (unpaired) electrons. The summed E-state index contributed by atoms with van der Waals surface area (Å²) in [5.41, 5.74) is 0. The van der Waals surface area contributed by atoms with Crippen molar-refractivity contribution in [3.05, 3.63) is 0 Å². The Labute approximate surface area is 97.9 Å². The Morgan fingerprint density at radius 2 is 1.94 bits per heavy atom. The molecule has 0 aromatic rings. The van der Waals surface area contributed by atoms with Crippen LogP contribution >= 0.6 is 0 Å². The van der Waals surface area contributed by atoms with Gasteiger partial charge in [0, 0.05) is 27.1 Å². The first-order chi connectivity index (χ1) is 7.77. The number of rotatable bonds is 6. The van der Waals surface area contributed by atoms with Crippen LogP contribution in [0.2, 0.25) is 0 Å². The van der Waals surface area contributed by atoms with Gasteiger partial charge in [-0.2, -0.15) is 0 Å². The largest absolute Gasteiger partial charge is 0.388 e. The molecule has 94 valence electrons. The summed E-state index contributed by atoms with van der Waals surface area (Å²) in [7, 11) is 3.22. The van der Waals surface area contributed by atoms with E-state index < -0.39 is 6.10 Å². The molecule has 0 spiro atoms. The number of hydrogen-bond acceptors (Lipinski definition) is 3. The standard InChI is InChI=1S/C12H24NO3/c1-15-10-11(14)12(16-2)6-9-13-7-4-3-5-8-13/h9,11-12,14H,3-8,10H2,1-2H3/q+1/t11-,12+/m0/s1. The van der Waals surface area contributed by atoms with E-state index in [9.17, 15) is 5.11 Å². The molecule has 0 aromatic heterocycles. The number of methoxy groups -OCH3 is 2. The first-order valence-corrected chi connectivity index (χ1v) is 6.05. The predicted octanol–water partition coefficient (Wildman–Crippen LogP) is 0.666. The highest BCUT2D eigenvalue weighted by atomic mass is 16.5. The molecular formula is C12H24NO3+. The van der Waals surface area contributed by atoms with E-state index in [1.54, 1.807) is 14.2 Å². The molecule has 1 aliphatic heterocycles. The monoisotopic (exact) mass is 230 g/mol. The maximum absolute atomic E-state index is 9.75. The van der Waals surface area contributed by atoms with E-state index in [0.717, 1.165) is 19.5 Å². The van der Waals surface area contributed by atoms with Crippen molar-refractivity contribution in [1.29, 1.82) is 0 Å². The normalized spacial score (nSPS) is 20.6. The van der Waals surface area contributed by atoms with E-state index in [4.69, 9.17) is 9.47 Å². The van der Waals surface area contributed by atoms with Crippen LogP contribution in [0.25, 0.3) is 0 Å². The minimum Gasteiger partial charge on any atom is -0.388 e. The molecule has 0 aliphatic carbocycles. The summed E-state index contributed by atoms with van der Waals surface area (Å²) in [5, 5.41) is 9.75. The molecule has 1 aliphatic rings. The second-order valence-corrected chi connectivity index (χ2v) is 4.31. The van der Waals surface area contributed by atoms with Gasteiger partial charge in [0.15, 0.2) is 0 Å². The maximum Gasteiger partial charge on any atom is 0.142 e. The third kappa shape index (κ3) is 4.60. The highest BCUT2D eigenvalue weighted by Crippen LogP contribution is 2.06. The Morgan fingerprint density at radius 3 is 2.50 bits per heavy atom. The molecule has 1 heterocycles. The van der Waals surface area contributed by atoms with E-state index in [-0.39, 0.29) is 6.10 Å². The van der Waals surface area contributed by atoms with Gasteiger partial charge in [0.2, 0.25) is 0 Å². The molecule has 0 amide bonds. The van der Waals surface area contributed by atoms with Gasteiger partial charge < -0.3 is 14.6 Å². The van der Waals surface area contributed by atoms with E-state index >= 15 is 0 Å². The summed E-state index contributed by atoms with van der Waals surface area (Å²) in [5.74, 6) is 0. The fourth-order valence-corrected chi connectivity index (χ4v) is 2.04. The fourth-order valence-electron chi connectivity index (χ4n) is 2.04. The van der Waals surface area contributed by atoms with Gasteiger partial charge >= 0.3 is 0 Å². The smallest absolute Gasteiger partial charge is 0.142 e. The second kappa shape index (κ2) is 7.76. The van der Waals surface area contributed by atoms with Crippen LogP contribution in [-0.2, 0) is 9.47 Å². The number of hydrogen-bond donors (Lipinski definition) is 1. The summed E-state index contributed by atoms with van der Waals surface area (Å²) >= 11 is 0. The Balaban J connectivity index is 2.37. The molecular weight excluding hydrogens is 206 g/mol. The average molecular weight is 230 g/mol. The Bertz CT molecular complexity index is 210. The third-order valence-electron chi connectivity index (χ3n) is 3.06. The third-order valence-corrected chi connectivity index (χ3v) is 3.06. The van der Waals surface area contributed by atoms with Crippen molar-refractivity contribution in [3.63, 3.8) is 0 Å². The van der Waals surface area contributed by atoms with Gasteiger partial charge in [-0.3, -0.25) is 0 Å². The van der Waals surface area contributed by atoms with Gasteiger partial charge in [-0.25, -0.2) is 4.58 Å². The molecule has 1 N–H and O–H groups in total. The lowest BCUT2D eigenvalue weighted by Gasteiger charge is -2.19. The lowest BCUT2D eigenvalue weighted by atomic mass is 10.1. The van der Waals surface area contributed by atoms with Crippen LogP contribution in [0.4, 0.5) is 0 Å². The molecule has 0 aromatic carbocycles. The van der Waals surface area contributed by atoms with Crippen molar-refractivity contribution in [3.8, 4) is 0 Å². The highest BCUT2D eigenvalue weighted by molar-refractivity contribution is 5.52. The molecule has 0 bridgehead atoms. The van der Waals surface area contributed by atoms with Crippen LogP contribution in [0.15, 0.2) is 0 Å². The minimum atomic E-state index is -0.545. The van der Waals surface area contributed by atoms with Crippen molar-refractivity contribution in [1.82, 2.24) is 0 Å².